The quantitative estimate of drug-likeness (QED) is 0.348. The highest BCUT2D eigenvalue weighted by molar-refractivity contribution is 5.79. The van der Waals surface area contributed by atoms with Crippen LogP contribution in [0.15, 0.2) is 97.5 Å². The molecule has 1 fully saturated rings. The Morgan fingerprint density at radius 3 is 2.32 bits per heavy atom. The van der Waals surface area contributed by atoms with Gasteiger partial charge in [-0.1, -0.05) is 42.5 Å². The molecule has 1 amide bonds. The lowest BCUT2D eigenvalue weighted by molar-refractivity contribution is -0.127. The summed E-state index contributed by atoms with van der Waals surface area (Å²) in [4.78, 5) is 24.1. The number of ether oxygens (including phenoxy) is 1. The molecule has 0 spiro atoms. The predicted molar refractivity (Wildman–Crippen MR) is 139 cm³/mol. The molecule has 5 rings (SSSR count). The number of nitrogens with zero attached hydrogens (tertiary/aromatic N) is 3. The van der Waals surface area contributed by atoms with Gasteiger partial charge in [0.1, 0.15) is 17.3 Å². The van der Waals surface area contributed by atoms with Crippen LogP contribution in [0.1, 0.15) is 35.7 Å². The summed E-state index contributed by atoms with van der Waals surface area (Å²) in [6.07, 6.45) is 6.37. The summed E-state index contributed by atoms with van der Waals surface area (Å²) in [6.45, 7) is 2.51. The number of para-hydroxylation sites is 1. The molecule has 1 aliphatic rings. The molecule has 6 nitrogen and oxygen atoms in total. The molecule has 7 heteroatoms. The molecule has 1 atom stereocenters. The minimum atomic E-state index is -0.476. The SMILES string of the molecule is O=C(NC(c1ccc(F)cc1)c1cnccn1)C1CCN(Cc2ccc(Oc3ccccc3)cc2)CC1. The summed E-state index contributed by atoms with van der Waals surface area (Å²) < 4.78 is 19.4. The van der Waals surface area contributed by atoms with Crippen LogP contribution >= 0.6 is 0 Å². The van der Waals surface area contributed by atoms with Gasteiger partial charge in [-0.05, 0) is 73.5 Å². The van der Waals surface area contributed by atoms with Gasteiger partial charge in [0.15, 0.2) is 0 Å². The average Bonchev–Trinajstić information content (AvgIpc) is 2.95. The van der Waals surface area contributed by atoms with E-state index in [0.29, 0.717) is 5.69 Å². The smallest absolute Gasteiger partial charge is 0.224 e. The standard InChI is InChI=1S/C30H29FN4O2/c31-25-10-8-23(9-11-25)29(28-20-32-16-17-33-28)34-30(36)24-14-18-35(19-15-24)21-22-6-12-27(13-7-22)37-26-4-2-1-3-5-26/h1-13,16-17,20,24,29H,14-15,18-19,21H2,(H,34,36). The third-order valence-electron chi connectivity index (χ3n) is 6.64. The largest absolute Gasteiger partial charge is 0.457 e. The van der Waals surface area contributed by atoms with Crippen molar-refractivity contribution in [3.05, 3.63) is 120 Å². The second-order valence-electron chi connectivity index (χ2n) is 9.23. The first-order chi connectivity index (χ1) is 18.1. The van der Waals surface area contributed by atoms with E-state index in [1.807, 2.05) is 42.5 Å². The number of piperidine rings is 1. The number of likely N-dealkylation sites (tertiary alicyclic amines) is 1. The Hall–Kier alpha value is -4.10. The molecule has 1 unspecified atom stereocenters. The number of hydrogen-bond acceptors (Lipinski definition) is 5. The van der Waals surface area contributed by atoms with Crippen molar-refractivity contribution in [3.8, 4) is 11.5 Å². The van der Waals surface area contributed by atoms with Gasteiger partial charge in [-0.2, -0.15) is 0 Å². The fraction of sp³-hybridized carbons (Fsp3) is 0.233. The summed E-state index contributed by atoms with van der Waals surface area (Å²) in [7, 11) is 0. The monoisotopic (exact) mass is 496 g/mol. The lowest BCUT2D eigenvalue weighted by Crippen LogP contribution is -2.41. The fourth-order valence-electron chi connectivity index (χ4n) is 4.60. The molecule has 0 aliphatic carbocycles. The number of hydrogen-bond donors (Lipinski definition) is 1. The molecule has 188 valence electrons. The zero-order chi connectivity index (χ0) is 25.5. The zero-order valence-electron chi connectivity index (χ0n) is 20.5. The lowest BCUT2D eigenvalue weighted by atomic mass is 9.94. The van der Waals surface area contributed by atoms with Crippen LogP contribution in [0.25, 0.3) is 0 Å². The van der Waals surface area contributed by atoms with E-state index in [1.54, 1.807) is 30.7 Å². The van der Waals surface area contributed by atoms with E-state index in [4.69, 9.17) is 4.74 Å². The summed E-state index contributed by atoms with van der Waals surface area (Å²) >= 11 is 0. The van der Waals surface area contributed by atoms with Gasteiger partial charge in [-0.25, -0.2) is 4.39 Å². The van der Waals surface area contributed by atoms with Crippen LogP contribution in [0, 0.1) is 11.7 Å². The Kier molecular flexibility index (Phi) is 7.81. The highest BCUT2D eigenvalue weighted by Crippen LogP contribution is 2.25. The van der Waals surface area contributed by atoms with Gasteiger partial charge in [-0.15, -0.1) is 0 Å². The van der Waals surface area contributed by atoms with E-state index in [1.165, 1.54) is 17.7 Å². The van der Waals surface area contributed by atoms with Crippen LogP contribution in [-0.4, -0.2) is 33.9 Å². The number of amides is 1. The summed E-state index contributed by atoms with van der Waals surface area (Å²) in [6, 6.07) is 23.5. The molecule has 0 bridgehead atoms. The van der Waals surface area contributed by atoms with Crippen molar-refractivity contribution in [2.24, 2.45) is 5.92 Å². The van der Waals surface area contributed by atoms with Gasteiger partial charge < -0.3 is 10.1 Å². The van der Waals surface area contributed by atoms with Gasteiger partial charge in [0.2, 0.25) is 5.91 Å². The Morgan fingerprint density at radius 1 is 0.946 bits per heavy atom. The molecule has 1 N–H and O–H groups in total. The van der Waals surface area contributed by atoms with Crippen molar-refractivity contribution < 1.29 is 13.9 Å². The van der Waals surface area contributed by atoms with Crippen LogP contribution in [0.5, 0.6) is 11.5 Å². The molecule has 1 aliphatic heterocycles. The first kappa shape index (κ1) is 24.6. The van der Waals surface area contributed by atoms with E-state index in [9.17, 15) is 9.18 Å². The van der Waals surface area contributed by atoms with Crippen molar-refractivity contribution >= 4 is 5.91 Å². The maximum Gasteiger partial charge on any atom is 0.224 e. The second-order valence-corrected chi connectivity index (χ2v) is 9.23. The van der Waals surface area contributed by atoms with E-state index in [0.717, 1.165) is 49.5 Å². The average molecular weight is 497 g/mol. The second kappa shape index (κ2) is 11.8. The van der Waals surface area contributed by atoms with Crippen LogP contribution in [0.3, 0.4) is 0 Å². The normalized spacial score (nSPS) is 15.2. The van der Waals surface area contributed by atoms with Crippen molar-refractivity contribution in [1.29, 1.82) is 0 Å². The maximum atomic E-state index is 13.5. The third kappa shape index (κ3) is 6.57. The van der Waals surface area contributed by atoms with Crippen molar-refractivity contribution in [2.75, 3.05) is 13.1 Å². The fourth-order valence-corrected chi connectivity index (χ4v) is 4.60. The third-order valence-corrected chi connectivity index (χ3v) is 6.64. The molecule has 1 aromatic heterocycles. The molecule has 3 aromatic carbocycles. The van der Waals surface area contributed by atoms with Gasteiger partial charge in [0.05, 0.1) is 17.9 Å². The highest BCUT2D eigenvalue weighted by atomic mass is 19.1. The first-order valence-corrected chi connectivity index (χ1v) is 12.5. The number of halogens is 1. The van der Waals surface area contributed by atoms with Gasteiger partial charge in [0, 0.05) is 24.9 Å². The molecule has 37 heavy (non-hydrogen) atoms. The minimum Gasteiger partial charge on any atom is -0.457 e. The minimum absolute atomic E-state index is 0.0120. The van der Waals surface area contributed by atoms with Crippen molar-refractivity contribution in [2.45, 2.75) is 25.4 Å². The maximum absolute atomic E-state index is 13.5. The van der Waals surface area contributed by atoms with Crippen LogP contribution in [0.4, 0.5) is 4.39 Å². The van der Waals surface area contributed by atoms with Crippen molar-refractivity contribution in [1.82, 2.24) is 20.2 Å². The number of aromatic nitrogens is 2. The van der Waals surface area contributed by atoms with E-state index < -0.39 is 6.04 Å². The Labute approximate surface area is 216 Å². The van der Waals surface area contributed by atoms with E-state index >= 15 is 0 Å². The molecule has 1 saturated heterocycles. The molecule has 2 heterocycles. The predicted octanol–water partition coefficient (Wildman–Crippen LogP) is 5.53. The van der Waals surface area contributed by atoms with E-state index in [-0.39, 0.29) is 17.6 Å². The van der Waals surface area contributed by atoms with Gasteiger partial charge in [0.25, 0.3) is 0 Å². The number of carbonyl (C=O) groups excluding carboxylic acids is 1. The number of carbonyl (C=O) groups is 1. The van der Waals surface area contributed by atoms with Crippen molar-refractivity contribution in [3.63, 3.8) is 0 Å². The first-order valence-electron chi connectivity index (χ1n) is 12.5. The van der Waals surface area contributed by atoms with Crippen LogP contribution in [-0.2, 0) is 11.3 Å². The molecular weight excluding hydrogens is 467 g/mol. The van der Waals surface area contributed by atoms with Gasteiger partial charge in [-0.3, -0.25) is 19.7 Å². The topological polar surface area (TPSA) is 67.4 Å². The Balaban J connectivity index is 1.15. The Morgan fingerprint density at radius 2 is 1.65 bits per heavy atom. The lowest BCUT2D eigenvalue weighted by Gasteiger charge is -2.32. The van der Waals surface area contributed by atoms with Crippen LogP contribution in [0.2, 0.25) is 0 Å². The molecule has 0 radical (unpaired) electrons. The van der Waals surface area contributed by atoms with Gasteiger partial charge >= 0.3 is 0 Å². The Bertz CT molecular complexity index is 1280. The highest BCUT2D eigenvalue weighted by Gasteiger charge is 2.28. The summed E-state index contributed by atoms with van der Waals surface area (Å²) in [5, 5.41) is 3.13. The van der Waals surface area contributed by atoms with Crippen LogP contribution < -0.4 is 10.1 Å². The summed E-state index contributed by atoms with van der Waals surface area (Å²) in [5.74, 6) is 1.21. The summed E-state index contributed by atoms with van der Waals surface area (Å²) in [5.41, 5.74) is 2.61. The number of benzene rings is 3. The zero-order valence-corrected chi connectivity index (χ0v) is 20.5. The van der Waals surface area contributed by atoms with E-state index in [2.05, 4.69) is 32.3 Å². The molecular formula is C30H29FN4O2. The number of nitrogens with one attached hydrogen (secondary N) is 1. The molecule has 4 aromatic rings. The number of rotatable bonds is 8. The molecule has 0 saturated carbocycles.